The molecule has 1 spiro atoms. The molecule has 4 aromatic rings. The number of carbonyl (C=O) groups excluding carboxylic acids is 1. The molecule has 1 saturated carbocycles. The highest BCUT2D eigenvalue weighted by molar-refractivity contribution is 6.06. The Morgan fingerprint density at radius 2 is 1.82 bits per heavy atom. The zero-order chi connectivity index (χ0) is 35.1. The van der Waals surface area contributed by atoms with E-state index in [4.69, 9.17) is 19.4 Å². The molecule has 6 fully saturated rings. The Morgan fingerprint density at radius 3 is 2.49 bits per heavy atom. The van der Waals surface area contributed by atoms with Crippen molar-refractivity contribution in [3.63, 3.8) is 0 Å². The lowest BCUT2D eigenvalue weighted by atomic mass is 9.72. The molecule has 1 atom stereocenters. The molecule has 10 rings (SSSR count). The third-order valence-corrected chi connectivity index (χ3v) is 11.9. The number of rotatable bonds is 8. The first-order chi connectivity index (χ1) is 24.6. The minimum atomic E-state index is -4.56. The first-order valence-corrected chi connectivity index (χ1v) is 18.1. The van der Waals surface area contributed by atoms with Crippen molar-refractivity contribution in [2.45, 2.75) is 63.6 Å². The van der Waals surface area contributed by atoms with Crippen LogP contribution in [0.15, 0.2) is 37.1 Å². The van der Waals surface area contributed by atoms with Crippen LogP contribution in [-0.4, -0.2) is 101 Å². The Morgan fingerprint density at radius 1 is 1.06 bits per heavy atom. The van der Waals surface area contributed by atoms with Crippen molar-refractivity contribution in [1.82, 2.24) is 30.0 Å². The second kappa shape index (κ2) is 12.1. The number of aromatic nitrogens is 4. The van der Waals surface area contributed by atoms with Crippen molar-refractivity contribution < 1.29 is 27.4 Å². The van der Waals surface area contributed by atoms with Crippen molar-refractivity contribution in [1.29, 1.82) is 0 Å². The first-order valence-electron chi connectivity index (χ1n) is 18.1. The van der Waals surface area contributed by atoms with Gasteiger partial charge in [0.2, 0.25) is 5.91 Å². The lowest BCUT2D eigenvalue weighted by Gasteiger charge is -2.54. The highest BCUT2D eigenvalue weighted by Gasteiger charge is 2.47. The number of carbonyl (C=O) groups is 1. The molecule has 0 radical (unpaired) electrons. The minimum Gasteiger partial charge on any atom is -0.481 e. The smallest absolute Gasteiger partial charge is 0.422 e. The van der Waals surface area contributed by atoms with Crippen LogP contribution in [0.1, 0.15) is 55.6 Å². The van der Waals surface area contributed by atoms with Gasteiger partial charge in [0.05, 0.1) is 11.7 Å². The van der Waals surface area contributed by atoms with Gasteiger partial charge in [0.25, 0.3) is 0 Å². The number of benzene rings is 2. The minimum absolute atomic E-state index is 0.0429. The normalized spacial score (nSPS) is 24.3. The van der Waals surface area contributed by atoms with Crippen molar-refractivity contribution in [3.05, 3.63) is 48.2 Å². The van der Waals surface area contributed by atoms with Crippen molar-refractivity contribution in [2.24, 2.45) is 11.3 Å². The number of likely N-dealkylation sites (tertiary alicyclic amines) is 1. The van der Waals surface area contributed by atoms with Gasteiger partial charge >= 0.3 is 12.2 Å². The van der Waals surface area contributed by atoms with Gasteiger partial charge in [0.1, 0.15) is 17.4 Å². The number of alkyl halides is 3. The van der Waals surface area contributed by atoms with Gasteiger partial charge in [-0.2, -0.15) is 28.2 Å². The maximum atomic E-state index is 14.0. The van der Waals surface area contributed by atoms with Crippen molar-refractivity contribution >= 4 is 33.5 Å². The van der Waals surface area contributed by atoms with Crippen molar-refractivity contribution in [3.8, 4) is 22.9 Å². The van der Waals surface area contributed by atoms with E-state index in [-0.39, 0.29) is 35.1 Å². The largest absolute Gasteiger partial charge is 0.481 e. The average Bonchev–Trinajstić information content (AvgIpc) is 3.85. The zero-order valence-electron chi connectivity index (χ0n) is 28.8. The fourth-order valence-electron chi connectivity index (χ4n) is 8.98. The number of nitrogens with zero attached hydrogens (tertiary/aromatic N) is 6. The summed E-state index contributed by atoms with van der Waals surface area (Å²) in [6.07, 6.45) is 4.09. The summed E-state index contributed by atoms with van der Waals surface area (Å²) in [6.45, 7) is 9.79. The molecule has 6 aliphatic rings. The molecule has 1 unspecified atom stereocenters. The fourth-order valence-corrected chi connectivity index (χ4v) is 8.98. The molecular formula is C38H42F3N7O3. The molecule has 1 N–H and O–H groups in total. The Bertz CT molecular complexity index is 2020. The van der Waals surface area contributed by atoms with Crippen LogP contribution in [-0.2, 0) is 4.79 Å². The van der Waals surface area contributed by atoms with Crippen molar-refractivity contribution in [2.75, 3.05) is 57.3 Å². The van der Waals surface area contributed by atoms with E-state index in [9.17, 15) is 18.0 Å². The monoisotopic (exact) mass is 701 g/mol. The van der Waals surface area contributed by atoms with Gasteiger partial charge in [-0.1, -0.05) is 12.6 Å². The van der Waals surface area contributed by atoms with Gasteiger partial charge in [0.15, 0.2) is 12.4 Å². The van der Waals surface area contributed by atoms with Gasteiger partial charge in [-0.15, -0.1) is 0 Å². The third kappa shape index (κ3) is 5.87. The number of piperidine rings is 4. The number of aromatic amines is 1. The highest BCUT2D eigenvalue weighted by atomic mass is 19.4. The summed E-state index contributed by atoms with van der Waals surface area (Å²) >= 11 is 0. The zero-order valence-corrected chi connectivity index (χ0v) is 28.8. The standard InChI is InChI=1S/C38H42F3N7O3/c1-3-30(49)48-19-37(20-48)10-14-47(15-11-37)35-26-16-25(23-5-6-23)32(31-22(2)4-7-28-27(31)17-42-45-28)34(50-21-38(39,40)41)33(26)43-36(44-35)51-29-18-46-12-8-24(29)9-13-46/h3-4,7,16-17,23-24,29H,1,5-6,8-15,18-21H2,2H3,(H,42,45). The fraction of sp³-hybridized carbons (Fsp3) is 0.526. The molecule has 268 valence electrons. The maximum Gasteiger partial charge on any atom is 0.422 e. The van der Waals surface area contributed by atoms with E-state index in [1.165, 1.54) is 6.08 Å². The van der Waals surface area contributed by atoms with Gasteiger partial charge in [-0.25, -0.2) is 0 Å². The number of anilines is 1. The number of aryl methyl sites for hydroxylation is 1. The molecule has 2 aromatic carbocycles. The molecule has 10 nitrogen and oxygen atoms in total. The SMILES string of the molecule is C=CC(=O)N1CC2(CCN(c3nc(OC4CN5CCC4CC5)nc4c(OCC(F)(F)F)c(-c5c(C)ccc6[nH]ncc56)c(C5CC5)cc34)CC2)C1. The lowest BCUT2D eigenvalue weighted by Crippen LogP contribution is -2.61. The number of hydrogen-bond donors (Lipinski definition) is 1. The lowest BCUT2D eigenvalue weighted by molar-refractivity contribution is -0.153. The van der Waals surface area contributed by atoms with E-state index >= 15 is 0 Å². The van der Waals surface area contributed by atoms with Crippen LogP contribution < -0.4 is 14.4 Å². The van der Waals surface area contributed by atoms with E-state index in [1.54, 1.807) is 6.20 Å². The molecular weight excluding hydrogens is 659 g/mol. The van der Waals surface area contributed by atoms with Crippen LogP contribution in [0.3, 0.4) is 0 Å². The topological polar surface area (TPSA) is 99.7 Å². The molecule has 5 saturated heterocycles. The molecule has 2 aromatic heterocycles. The molecule has 13 heteroatoms. The number of fused-ring (bicyclic) bond motifs is 5. The molecule has 7 heterocycles. The summed E-state index contributed by atoms with van der Waals surface area (Å²) in [5, 5.41) is 8.80. The molecule has 2 bridgehead atoms. The Balaban J connectivity index is 1.21. The summed E-state index contributed by atoms with van der Waals surface area (Å²) in [7, 11) is 0. The number of amides is 1. The van der Waals surface area contributed by atoms with Gasteiger partial charge in [-0.3, -0.25) is 14.8 Å². The molecule has 1 aliphatic carbocycles. The first kappa shape index (κ1) is 32.5. The summed E-state index contributed by atoms with van der Waals surface area (Å²) < 4.78 is 54.7. The van der Waals surface area contributed by atoms with E-state index in [2.05, 4.69) is 32.6 Å². The van der Waals surface area contributed by atoms with E-state index < -0.39 is 12.8 Å². The summed E-state index contributed by atoms with van der Waals surface area (Å²) in [6, 6.07) is 6.17. The van der Waals surface area contributed by atoms with Crippen LogP contribution in [0.5, 0.6) is 11.8 Å². The number of ether oxygens (including phenoxy) is 2. The Hall–Kier alpha value is -4.39. The Labute approximate surface area is 294 Å². The maximum absolute atomic E-state index is 14.0. The number of nitrogens with one attached hydrogen (secondary N) is 1. The number of hydrogen-bond acceptors (Lipinski definition) is 8. The highest BCUT2D eigenvalue weighted by Crippen LogP contribution is 2.53. The average molecular weight is 702 g/mol. The van der Waals surface area contributed by atoms with E-state index in [0.717, 1.165) is 85.8 Å². The molecule has 1 amide bonds. The Kier molecular flexibility index (Phi) is 7.71. The second-order valence-corrected chi connectivity index (χ2v) is 15.3. The van der Waals surface area contributed by atoms with Crippen LogP contribution >= 0.6 is 0 Å². The predicted molar refractivity (Wildman–Crippen MR) is 187 cm³/mol. The third-order valence-electron chi connectivity index (χ3n) is 11.9. The second-order valence-electron chi connectivity index (χ2n) is 15.3. The molecule has 51 heavy (non-hydrogen) atoms. The predicted octanol–water partition coefficient (Wildman–Crippen LogP) is 6.39. The number of halogens is 3. The van der Waals surface area contributed by atoms with Crippen LogP contribution in [0.2, 0.25) is 0 Å². The van der Waals surface area contributed by atoms with Gasteiger partial charge in [0, 0.05) is 54.5 Å². The van der Waals surface area contributed by atoms with E-state index in [0.29, 0.717) is 54.4 Å². The van der Waals surface area contributed by atoms with Crippen LogP contribution in [0, 0.1) is 18.3 Å². The quantitative estimate of drug-likeness (QED) is 0.211. The van der Waals surface area contributed by atoms with Crippen LogP contribution in [0.25, 0.3) is 32.9 Å². The molecule has 5 aliphatic heterocycles. The van der Waals surface area contributed by atoms with Gasteiger partial charge in [-0.05, 0) is 105 Å². The summed E-state index contributed by atoms with van der Waals surface area (Å²) in [4.78, 5) is 28.7. The summed E-state index contributed by atoms with van der Waals surface area (Å²) in [5.74, 6) is 1.27. The van der Waals surface area contributed by atoms with Gasteiger partial charge < -0.3 is 19.3 Å². The van der Waals surface area contributed by atoms with Crippen LogP contribution in [0.4, 0.5) is 19.0 Å². The number of H-pyrrole nitrogens is 1. The summed E-state index contributed by atoms with van der Waals surface area (Å²) in [5.41, 5.74) is 4.44. The van der Waals surface area contributed by atoms with E-state index in [1.807, 2.05) is 24.0 Å².